The molecule has 3 amide bonds. The molecular formula is C21H32N4O4. The number of likely N-dealkylation sites (N-methyl/N-ethyl adjacent to an activating group) is 1. The van der Waals surface area contributed by atoms with Gasteiger partial charge in [0.25, 0.3) is 0 Å². The Morgan fingerprint density at radius 2 is 2.00 bits per heavy atom. The van der Waals surface area contributed by atoms with Crippen LogP contribution in [0.15, 0.2) is 18.2 Å². The van der Waals surface area contributed by atoms with Crippen LogP contribution in [0.5, 0.6) is 0 Å². The SMILES string of the molecule is CNCCCOCCCc1cccc(N(C)C2CCC(=O)NC2=O)c1N(C)C=O. The van der Waals surface area contributed by atoms with Gasteiger partial charge in [-0.1, -0.05) is 12.1 Å². The normalized spacial score (nSPS) is 16.4. The van der Waals surface area contributed by atoms with Crippen molar-refractivity contribution in [2.45, 2.75) is 38.1 Å². The molecule has 8 heteroatoms. The van der Waals surface area contributed by atoms with Gasteiger partial charge in [-0.3, -0.25) is 19.7 Å². The van der Waals surface area contributed by atoms with Crippen LogP contribution in [-0.2, 0) is 25.5 Å². The van der Waals surface area contributed by atoms with Crippen molar-refractivity contribution in [3.63, 3.8) is 0 Å². The summed E-state index contributed by atoms with van der Waals surface area (Å²) in [6.45, 7) is 2.31. The molecule has 2 rings (SSSR count). The first-order valence-corrected chi connectivity index (χ1v) is 10.1. The molecule has 1 unspecified atom stereocenters. The third-order valence-electron chi connectivity index (χ3n) is 5.12. The minimum Gasteiger partial charge on any atom is -0.381 e. The molecule has 1 heterocycles. The van der Waals surface area contributed by atoms with Gasteiger partial charge >= 0.3 is 0 Å². The second-order valence-corrected chi connectivity index (χ2v) is 7.25. The number of rotatable bonds is 12. The molecule has 8 nitrogen and oxygen atoms in total. The molecule has 0 aliphatic carbocycles. The van der Waals surface area contributed by atoms with Crippen molar-refractivity contribution >= 4 is 29.6 Å². The Morgan fingerprint density at radius 3 is 2.69 bits per heavy atom. The summed E-state index contributed by atoms with van der Waals surface area (Å²) in [5, 5.41) is 5.49. The van der Waals surface area contributed by atoms with E-state index >= 15 is 0 Å². The van der Waals surface area contributed by atoms with E-state index in [1.54, 1.807) is 11.9 Å². The van der Waals surface area contributed by atoms with Gasteiger partial charge in [0.15, 0.2) is 0 Å². The maximum absolute atomic E-state index is 12.3. The van der Waals surface area contributed by atoms with Crippen molar-refractivity contribution in [1.82, 2.24) is 10.6 Å². The van der Waals surface area contributed by atoms with Gasteiger partial charge in [-0.25, -0.2) is 0 Å². The largest absolute Gasteiger partial charge is 0.381 e. The summed E-state index contributed by atoms with van der Waals surface area (Å²) in [4.78, 5) is 38.7. The smallest absolute Gasteiger partial charge is 0.249 e. The number of anilines is 2. The number of hydrogen-bond donors (Lipinski definition) is 2. The van der Waals surface area contributed by atoms with Crippen molar-refractivity contribution in [2.24, 2.45) is 0 Å². The number of hydrogen-bond acceptors (Lipinski definition) is 6. The molecule has 29 heavy (non-hydrogen) atoms. The van der Waals surface area contributed by atoms with E-state index in [9.17, 15) is 14.4 Å². The monoisotopic (exact) mass is 404 g/mol. The van der Waals surface area contributed by atoms with Crippen molar-refractivity contribution in [1.29, 1.82) is 0 Å². The molecule has 1 aliphatic rings. The highest BCUT2D eigenvalue weighted by molar-refractivity contribution is 6.02. The topological polar surface area (TPSA) is 91.0 Å². The molecule has 0 aromatic heterocycles. The molecule has 0 saturated carbocycles. The van der Waals surface area contributed by atoms with Gasteiger partial charge in [0.05, 0.1) is 11.4 Å². The minimum atomic E-state index is -0.447. The fourth-order valence-corrected chi connectivity index (χ4v) is 3.56. The molecule has 1 aromatic rings. The van der Waals surface area contributed by atoms with Gasteiger partial charge in [-0.05, 0) is 50.9 Å². The molecule has 1 aromatic carbocycles. The van der Waals surface area contributed by atoms with Crippen LogP contribution in [0.25, 0.3) is 0 Å². The summed E-state index contributed by atoms with van der Waals surface area (Å²) in [7, 11) is 5.46. The summed E-state index contributed by atoms with van der Waals surface area (Å²) < 4.78 is 5.66. The Kier molecular flexibility index (Phi) is 9.08. The van der Waals surface area contributed by atoms with Crippen molar-refractivity contribution in [2.75, 3.05) is 50.7 Å². The highest BCUT2D eigenvalue weighted by Crippen LogP contribution is 2.34. The Labute approximate surface area is 172 Å². The standard InChI is InChI=1S/C21H32N4O4/c1-22-12-6-14-29-13-5-8-16-7-4-9-17(20(16)24(2)15-26)25(3)18-10-11-19(27)23-21(18)28/h4,7,9,15,18,22H,5-6,8,10-14H2,1-3H3,(H,23,27,28). The maximum atomic E-state index is 12.3. The van der Waals surface area contributed by atoms with Crippen LogP contribution < -0.4 is 20.4 Å². The van der Waals surface area contributed by atoms with Gasteiger partial charge in [0, 0.05) is 33.7 Å². The summed E-state index contributed by atoms with van der Waals surface area (Å²) >= 11 is 0. The number of imide groups is 1. The predicted octanol–water partition coefficient (Wildman–Crippen LogP) is 1.08. The summed E-state index contributed by atoms with van der Waals surface area (Å²) in [5.41, 5.74) is 2.60. The van der Waals surface area contributed by atoms with E-state index in [1.807, 2.05) is 37.2 Å². The van der Waals surface area contributed by atoms with E-state index in [4.69, 9.17) is 4.74 Å². The van der Waals surface area contributed by atoms with E-state index < -0.39 is 6.04 Å². The lowest BCUT2D eigenvalue weighted by Crippen LogP contribution is -2.51. The number of amides is 3. The molecule has 1 atom stereocenters. The van der Waals surface area contributed by atoms with Crippen LogP contribution >= 0.6 is 0 Å². The third-order valence-corrected chi connectivity index (χ3v) is 5.12. The Bertz CT molecular complexity index is 710. The highest BCUT2D eigenvalue weighted by atomic mass is 16.5. The van der Waals surface area contributed by atoms with Crippen LogP contribution in [0.2, 0.25) is 0 Å². The van der Waals surface area contributed by atoms with Crippen LogP contribution in [0, 0.1) is 0 Å². The van der Waals surface area contributed by atoms with Gasteiger partial charge < -0.3 is 19.9 Å². The fraction of sp³-hybridized carbons (Fsp3) is 0.571. The highest BCUT2D eigenvalue weighted by Gasteiger charge is 2.31. The Hall–Kier alpha value is -2.45. The number of ether oxygens (including phenoxy) is 1. The average molecular weight is 405 g/mol. The zero-order chi connectivity index (χ0) is 21.2. The number of nitrogens with one attached hydrogen (secondary N) is 2. The number of benzene rings is 1. The van der Waals surface area contributed by atoms with Crippen LogP contribution in [-0.4, -0.2) is 65.2 Å². The van der Waals surface area contributed by atoms with Gasteiger partial charge in [-0.15, -0.1) is 0 Å². The average Bonchev–Trinajstić information content (AvgIpc) is 2.72. The molecule has 0 spiro atoms. The van der Waals surface area contributed by atoms with E-state index in [-0.39, 0.29) is 11.8 Å². The van der Waals surface area contributed by atoms with Crippen molar-refractivity contribution in [3.05, 3.63) is 23.8 Å². The lowest BCUT2D eigenvalue weighted by atomic mass is 10.0. The molecule has 160 valence electrons. The van der Waals surface area contributed by atoms with E-state index in [0.717, 1.165) is 55.8 Å². The van der Waals surface area contributed by atoms with Crippen molar-refractivity contribution < 1.29 is 19.1 Å². The molecule has 2 N–H and O–H groups in total. The molecule has 0 radical (unpaired) electrons. The lowest BCUT2D eigenvalue weighted by molar-refractivity contribution is -0.134. The molecule has 1 fully saturated rings. The first-order valence-electron chi connectivity index (χ1n) is 10.1. The number of para-hydroxylation sites is 1. The number of nitrogens with zero attached hydrogens (tertiary/aromatic N) is 2. The van der Waals surface area contributed by atoms with Crippen LogP contribution in [0.1, 0.15) is 31.2 Å². The second kappa shape index (κ2) is 11.5. The van der Waals surface area contributed by atoms with Gasteiger partial charge in [-0.2, -0.15) is 0 Å². The molecule has 1 saturated heterocycles. The van der Waals surface area contributed by atoms with Gasteiger partial charge in [0.1, 0.15) is 6.04 Å². The fourth-order valence-electron chi connectivity index (χ4n) is 3.56. The third kappa shape index (κ3) is 6.27. The van der Waals surface area contributed by atoms with Gasteiger partial charge in [0.2, 0.25) is 18.2 Å². The number of piperidine rings is 1. The Morgan fingerprint density at radius 1 is 1.24 bits per heavy atom. The first-order chi connectivity index (χ1) is 14.0. The van der Waals surface area contributed by atoms with E-state index in [1.165, 1.54) is 0 Å². The zero-order valence-electron chi connectivity index (χ0n) is 17.6. The molecule has 0 bridgehead atoms. The van der Waals surface area contributed by atoms with E-state index in [2.05, 4.69) is 10.6 Å². The quantitative estimate of drug-likeness (QED) is 0.308. The number of carbonyl (C=O) groups excluding carboxylic acids is 3. The molecule has 1 aliphatic heterocycles. The maximum Gasteiger partial charge on any atom is 0.249 e. The second-order valence-electron chi connectivity index (χ2n) is 7.25. The summed E-state index contributed by atoms with van der Waals surface area (Å²) in [5.74, 6) is -0.544. The number of aryl methyl sites for hydroxylation is 1. The lowest BCUT2D eigenvalue weighted by Gasteiger charge is -2.34. The summed E-state index contributed by atoms with van der Waals surface area (Å²) in [6.07, 6.45) is 4.11. The number of carbonyl (C=O) groups is 3. The zero-order valence-corrected chi connectivity index (χ0v) is 17.6. The van der Waals surface area contributed by atoms with Crippen molar-refractivity contribution in [3.8, 4) is 0 Å². The molecular weight excluding hydrogens is 372 g/mol. The minimum absolute atomic E-state index is 0.242. The summed E-state index contributed by atoms with van der Waals surface area (Å²) in [6, 6.07) is 5.38. The van der Waals surface area contributed by atoms with Crippen LogP contribution in [0.4, 0.5) is 11.4 Å². The Balaban J connectivity index is 2.12. The predicted molar refractivity (Wildman–Crippen MR) is 113 cm³/mol. The van der Waals surface area contributed by atoms with Crippen LogP contribution in [0.3, 0.4) is 0 Å². The van der Waals surface area contributed by atoms with E-state index in [0.29, 0.717) is 19.4 Å². The first kappa shape index (κ1) is 22.8.